The first kappa shape index (κ1) is 25.0. The molecule has 0 N–H and O–H groups in total. The van der Waals surface area contributed by atoms with Crippen molar-refractivity contribution in [1.29, 1.82) is 0 Å². The van der Waals surface area contributed by atoms with Gasteiger partial charge in [-0.3, -0.25) is 9.69 Å². The highest BCUT2D eigenvalue weighted by atomic mass is 32.2. The molecule has 2 aromatic heterocycles. The first-order valence-corrected chi connectivity index (χ1v) is 13.6. The van der Waals surface area contributed by atoms with E-state index in [1.165, 1.54) is 57.1 Å². The molecule has 35 heavy (non-hydrogen) atoms. The second-order valence-corrected chi connectivity index (χ2v) is 10.9. The summed E-state index contributed by atoms with van der Waals surface area (Å²) in [5.74, 6) is -0.330. The zero-order valence-electron chi connectivity index (χ0n) is 19.5. The van der Waals surface area contributed by atoms with Gasteiger partial charge in [0.05, 0.1) is 22.4 Å². The van der Waals surface area contributed by atoms with E-state index in [9.17, 15) is 17.6 Å². The number of rotatable bonds is 10. The van der Waals surface area contributed by atoms with Crippen LogP contribution >= 0.6 is 11.3 Å². The van der Waals surface area contributed by atoms with Crippen LogP contribution < -0.4 is 4.90 Å². The van der Waals surface area contributed by atoms with Crippen molar-refractivity contribution in [2.45, 2.75) is 38.1 Å². The highest BCUT2D eigenvalue weighted by molar-refractivity contribution is 7.89. The topological polar surface area (TPSA) is 83.7 Å². The van der Waals surface area contributed by atoms with Crippen molar-refractivity contribution in [3.8, 4) is 0 Å². The van der Waals surface area contributed by atoms with Crippen LogP contribution in [0.5, 0.6) is 0 Å². The molecule has 2 aromatic carbocycles. The molecule has 1 amide bonds. The predicted octanol–water partition coefficient (Wildman–Crippen LogP) is 5.69. The number of para-hydroxylation sites is 1. The molecule has 0 aliphatic rings. The molecule has 10 heteroatoms. The van der Waals surface area contributed by atoms with Crippen molar-refractivity contribution in [2.24, 2.45) is 0 Å². The number of furan rings is 1. The standard InChI is InChI=1S/C25H26FN3O4S2/c1-3-5-15-28(4-2)35(31,32)20-13-11-18(12-14-20)24(30)29(17-19-8-7-16-33-19)25-27-23-21(26)9-6-10-22(23)34-25/h6-14,16H,3-5,15,17H2,1-2H3. The monoisotopic (exact) mass is 515 g/mol. The van der Waals surface area contributed by atoms with Crippen molar-refractivity contribution < 1.29 is 22.0 Å². The summed E-state index contributed by atoms with van der Waals surface area (Å²) in [4.78, 5) is 19.4. The Labute approximate surface area is 207 Å². The fraction of sp³-hybridized carbons (Fsp3) is 0.280. The Morgan fingerprint density at radius 2 is 1.86 bits per heavy atom. The van der Waals surface area contributed by atoms with Crippen LogP contribution in [-0.2, 0) is 16.6 Å². The van der Waals surface area contributed by atoms with E-state index in [-0.39, 0.29) is 22.5 Å². The number of carbonyl (C=O) groups excluding carboxylic acids is 1. The molecule has 0 fully saturated rings. The molecule has 4 aromatic rings. The van der Waals surface area contributed by atoms with Gasteiger partial charge in [-0.25, -0.2) is 17.8 Å². The third-order valence-electron chi connectivity index (χ3n) is 5.58. The Bertz CT molecular complexity index is 1400. The van der Waals surface area contributed by atoms with E-state index in [0.717, 1.165) is 12.8 Å². The normalized spacial score (nSPS) is 11.9. The minimum atomic E-state index is -3.66. The molecule has 0 unspecified atom stereocenters. The maximum Gasteiger partial charge on any atom is 0.260 e. The van der Waals surface area contributed by atoms with Gasteiger partial charge in [0.2, 0.25) is 10.0 Å². The minimum absolute atomic E-state index is 0.0912. The fourth-order valence-corrected chi connectivity index (χ4v) is 6.13. The highest BCUT2D eigenvalue weighted by Gasteiger charge is 2.26. The van der Waals surface area contributed by atoms with Gasteiger partial charge in [-0.05, 0) is 55.0 Å². The number of fused-ring (bicyclic) bond motifs is 1. The Morgan fingerprint density at radius 3 is 2.49 bits per heavy atom. The minimum Gasteiger partial charge on any atom is -0.467 e. The average molecular weight is 516 g/mol. The van der Waals surface area contributed by atoms with Gasteiger partial charge in [-0.1, -0.05) is 37.7 Å². The number of hydrogen-bond donors (Lipinski definition) is 0. The zero-order chi connectivity index (χ0) is 25.0. The maximum absolute atomic E-state index is 14.3. The van der Waals surface area contributed by atoms with Gasteiger partial charge in [0, 0.05) is 18.7 Å². The molecule has 184 valence electrons. The molecule has 2 heterocycles. The molecule has 0 atom stereocenters. The van der Waals surface area contributed by atoms with E-state index in [2.05, 4.69) is 4.98 Å². The third-order valence-corrected chi connectivity index (χ3v) is 8.61. The lowest BCUT2D eigenvalue weighted by Crippen LogP contribution is -2.32. The van der Waals surface area contributed by atoms with Crippen molar-refractivity contribution in [1.82, 2.24) is 9.29 Å². The van der Waals surface area contributed by atoms with Gasteiger partial charge in [0.25, 0.3) is 5.91 Å². The van der Waals surface area contributed by atoms with Crippen LogP contribution in [0.15, 0.2) is 70.2 Å². The van der Waals surface area contributed by atoms with E-state index >= 15 is 0 Å². The molecule has 4 rings (SSSR count). The van der Waals surface area contributed by atoms with Gasteiger partial charge in [-0.2, -0.15) is 4.31 Å². The molecule has 0 aliphatic carbocycles. The Morgan fingerprint density at radius 1 is 1.09 bits per heavy atom. The second-order valence-electron chi connectivity index (χ2n) is 7.93. The summed E-state index contributed by atoms with van der Waals surface area (Å²) in [7, 11) is -3.66. The van der Waals surface area contributed by atoms with Crippen molar-refractivity contribution in [2.75, 3.05) is 18.0 Å². The maximum atomic E-state index is 14.3. The highest BCUT2D eigenvalue weighted by Crippen LogP contribution is 2.32. The Hall–Kier alpha value is -3.08. The summed E-state index contributed by atoms with van der Waals surface area (Å²) in [6.07, 6.45) is 3.17. The van der Waals surface area contributed by atoms with Crippen LogP contribution in [0.1, 0.15) is 42.8 Å². The number of amides is 1. The molecule has 0 radical (unpaired) electrons. The SMILES string of the molecule is CCCCN(CC)S(=O)(=O)c1ccc(C(=O)N(Cc2ccco2)c2nc3c(F)cccc3s2)cc1. The largest absolute Gasteiger partial charge is 0.467 e. The summed E-state index contributed by atoms with van der Waals surface area (Å²) in [5, 5.41) is 0.319. The zero-order valence-corrected chi connectivity index (χ0v) is 21.1. The number of carbonyl (C=O) groups is 1. The van der Waals surface area contributed by atoms with Gasteiger partial charge in [0.15, 0.2) is 5.13 Å². The van der Waals surface area contributed by atoms with Crippen LogP contribution in [-0.4, -0.2) is 36.7 Å². The Kier molecular flexibility index (Phi) is 7.63. The second kappa shape index (κ2) is 10.7. The van der Waals surface area contributed by atoms with Crippen molar-refractivity contribution in [3.63, 3.8) is 0 Å². The van der Waals surface area contributed by atoms with Crippen LogP contribution in [0.2, 0.25) is 0 Å². The van der Waals surface area contributed by atoms with Crippen molar-refractivity contribution in [3.05, 3.63) is 78.0 Å². The molecule has 7 nitrogen and oxygen atoms in total. The van der Waals surface area contributed by atoms with Crippen LogP contribution in [0.4, 0.5) is 9.52 Å². The average Bonchev–Trinajstić information content (AvgIpc) is 3.53. The van der Waals surface area contributed by atoms with Crippen LogP contribution in [0, 0.1) is 5.82 Å². The summed E-state index contributed by atoms with van der Waals surface area (Å²) in [5.41, 5.74) is 0.477. The first-order chi connectivity index (χ1) is 16.8. The van der Waals surface area contributed by atoms with E-state index in [0.29, 0.717) is 28.7 Å². The van der Waals surface area contributed by atoms with Gasteiger partial charge in [0.1, 0.15) is 17.1 Å². The van der Waals surface area contributed by atoms with E-state index in [4.69, 9.17) is 4.42 Å². The molecular formula is C25H26FN3O4S2. The lowest BCUT2D eigenvalue weighted by Gasteiger charge is -2.21. The van der Waals surface area contributed by atoms with E-state index in [1.807, 2.05) is 6.92 Å². The van der Waals surface area contributed by atoms with Gasteiger partial charge >= 0.3 is 0 Å². The van der Waals surface area contributed by atoms with Gasteiger partial charge in [-0.15, -0.1) is 0 Å². The summed E-state index contributed by atoms with van der Waals surface area (Å²) >= 11 is 1.20. The smallest absolute Gasteiger partial charge is 0.260 e. The summed E-state index contributed by atoms with van der Waals surface area (Å²) in [6.45, 7) is 4.72. The van der Waals surface area contributed by atoms with Crippen LogP contribution in [0.25, 0.3) is 10.2 Å². The summed E-state index contributed by atoms with van der Waals surface area (Å²) < 4.78 is 47.8. The molecule has 0 saturated heterocycles. The number of benzene rings is 2. The number of thiazole rings is 1. The number of nitrogens with zero attached hydrogens (tertiary/aromatic N) is 3. The molecular weight excluding hydrogens is 489 g/mol. The number of sulfonamides is 1. The number of unbranched alkanes of at least 4 members (excludes halogenated alkanes) is 1. The fourth-order valence-electron chi connectivity index (χ4n) is 3.66. The number of halogens is 1. The van der Waals surface area contributed by atoms with Gasteiger partial charge < -0.3 is 4.42 Å². The first-order valence-electron chi connectivity index (χ1n) is 11.3. The number of anilines is 1. The quantitative estimate of drug-likeness (QED) is 0.271. The Balaban J connectivity index is 1.66. The van der Waals surface area contributed by atoms with E-state index < -0.39 is 21.7 Å². The number of aromatic nitrogens is 1. The molecule has 0 saturated carbocycles. The predicted molar refractivity (Wildman–Crippen MR) is 135 cm³/mol. The molecule has 0 spiro atoms. The van der Waals surface area contributed by atoms with E-state index in [1.54, 1.807) is 31.2 Å². The molecule has 0 bridgehead atoms. The lowest BCUT2D eigenvalue weighted by atomic mass is 10.2. The van der Waals surface area contributed by atoms with Crippen LogP contribution in [0.3, 0.4) is 0 Å². The number of hydrogen-bond acceptors (Lipinski definition) is 6. The van der Waals surface area contributed by atoms with Crippen molar-refractivity contribution >= 4 is 42.6 Å². The third kappa shape index (κ3) is 5.29. The summed E-state index contributed by atoms with van der Waals surface area (Å²) in [6, 6.07) is 14.0. The lowest BCUT2D eigenvalue weighted by molar-refractivity contribution is 0.0983. The molecule has 0 aliphatic heterocycles.